The van der Waals surface area contributed by atoms with Crippen molar-refractivity contribution in [3.63, 3.8) is 0 Å². The van der Waals surface area contributed by atoms with Crippen molar-refractivity contribution in [2.45, 2.75) is 53.8 Å². The van der Waals surface area contributed by atoms with Gasteiger partial charge in [0.25, 0.3) is 5.91 Å². The first-order valence-corrected chi connectivity index (χ1v) is 9.13. The molecule has 2 rings (SSSR count). The summed E-state index contributed by atoms with van der Waals surface area (Å²) >= 11 is 0. The number of rotatable bonds is 5. The van der Waals surface area contributed by atoms with Gasteiger partial charge in [0.2, 0.25) is 0 Å². The molecule has 1 N–H and O–H groups in total. The minimum Gasteiger partial charge on any atom is -0.491 e. The van der Waals surface area contributed by atoms with Crippen molar-refractivity contribution < 1.29 is 14.3 Å². The Balaban J connectivity index is 0.000000458. The van der Waals surface area contributed by atoms with E-state index in [1.807, 2.05) is 71.9 Å². The predicted molar refractivity (Wildman–Crippen MR) is 109 cm³/mol. The first-order chi connectivity index (χ1) is 12.4. The van der Waals surface area contributed by atoms with Gasteiger partial charge in [-0.1, -0.05) is 32.0 Å². The van der Waals surface area contributed by atoms with Crippen molar-refractivity contribution in [3.8, 4) is 11.5 Å². The Hall–Kier alpha value is -2.49. The number of para-hydroxylation sites is 1. The average Bonchev–Trinajstić information content (AvgIpc) is 2.64. The lowest BCUT2D eigenvalue weighted by atomic mass is 10.2. The van der Waals surface area contributed by atoms with E-state index in [9.17, 15) is 4.79 Å². The molecule has 2 aromatic rings. The maximum absolute atomic E-state index is 11.2. The number of nitrogens with one attached hydrogen (secondary N) is 1. The Morgan fingerprint density at radius 1 is 0.769 bits per heavy atom. The number of carbonyl (C=O) groups excluding carboxylic acids is 1. The van der Waals surface area contributed by atoms with E-state index in [0.29, 0.717) is 5.56 Å². The monoisotopic (exact) mass is 359 g/mol. The van der Waals surface area contributed by atoms with Crippen LogP contribution in [0, 0.1) is 0 Å². The molecular formula is C22H33NO3. The zero-order valence-corrected chi connectivity index (χ0v) is 17.1. The number of hydrogen-bond acceptors (Lipinski definition) is 3. The van der Waals surface area contributed by atoms with Gasteiger partial charge in [-0.15, -0.1) is 0 Å². The quantitative estimate of drug-likeness (QED) is 0.784. The van der Waals surface area contributed by atoms with Gasteiger partial charge in [-0.2, -0.15) is 0 Å². The lowest BCUT2D eigenvalue weighted by molar-refractivity contribution is 0.0963. The maximum atomic E-state index is 11.2. The van der Waals surface area contributed by atoms with Crippen molar-refractivity contribution >= 4 is 5.91 Å². The van der Waals surface area contributed by atoms with E-state index in [-0.39, 0.29) is 18.1 Å². The van der Waals surface area contributed by atoms with E-state index in [0.717, 1.165) is 11.5 Å². The van der Waals surface area contributed by atoms with Crippen LogP contribution >= 0.6 is 0 Å². The first kappa shape index (κ1) is 23.5. The van der Waals surface area contributed by atoms with Crippen LogP contribution in [0.25, 0.3) is 0 Å². The third-order valence-electron chi connectivity index (χ3n) is 2.83. The second-order valence-electron chi connectivity index (χ2n) is 5.75. The summed E-state index contributed by atoms with van der Waals surface area (Å²) in [5.74, 6) is 1.64. The van der Waals surface area contributed by atoms with Gasteiger partial charge in [-0.25, -0.2) is 0 Å². The molecule has 4 nitrogen and oxygen atoms in total. The van der Waals surface area contributed by atoms with Crippen molar-refractivity contribution in [2.75, 3.05) is 7.05 Å². The van der Waals surface area contributed by atoms with E-state index in [1.165, 1.54) is 0 Å². The zero-order valence-electron chi connectivity index (χ0n) is 17.1. The molecule has 0 saturated heterocycles. The summed E-state index contributed by atoms with van der Waals surface area (Å²) in [7, 11) is 1.61. The summed E-state index contributed by atoms with van der Waals surface area (Å²) < 4.78 is 10.9. The summed E-state index contributed by atoms with van der Waals surface area (Å²) in [5, 5.41) is 2.56. The van der Waals surface area contributed by atoms with E-state index in [1.54, 1.807) is 31.3 Å². The fourth-order valence-electron chi connectivity index (χ4n) is 1.87. The van der Waals surface area contributed by atoms with Crippen LogP contribution in [0.1, 0.15) is 51.9 Å². The maximum Gasteiger partial charge on any atom is 0.251 e. The van der Waals surface area contributed by atoms with Gasteiger partial charge >= 0.3 is 0 Å². The summed E-state index contributed by atoms with van der Waals surface area (Å²) in [6.45, 7) is 12.0. The lowest BCUT2D eigenvalue weighted by Gasteiger charge is -2.09. The van der Waals surface area contributed by atoms with Crippen LogP contribution in [-0.2, 0) is 0 Å². The fourth-order valence-corrected chi connectivity index (χ4v) is 1.87. The number of ether oxygens (including phenoxy) is 2. The molecule has 0 aliphatic heterocycles. The molecule has 0 radical (unpaired) electrons. The summed E-state index contributed by atoms with van der Waals surface area (Å²) in [6.07, 6.45) is 0.420. The molecular weight excluding hydrogens is 326 g/mol. The molecule has 4 heteroatoms. The molecule has 1 amide bonds. The van der Waals surface area contributed by atoms with Crippen LogP contribution in [0.5, 0.6) is 11.5 Å². The number of hydrogen-bond donors (Lipinski definition) is 1. The molecule has 0 atom stereocenters. The second-order valence-corrected chi connectivity index (χ2v) is 5.75. The van der Waals surface area contributed by atoms with Gasteiger partial charge < -0.3 is 14.8 Å². The molecule has 0 unspecified atom stereocenters. The largest absolute Gasteiger partial charge is 0.491 e. The zero-order chi connectivity index (χ0) is 19.9. The standard InChI is InChI=1S/C11H15NO2.C9H12O.C2H6/c1-8(2)14-10-6-4-9(5-7-10)11(13)12-3;1-8(2)10-9-6-4-3-5-7-9;1-2/h4-8H,1-3H3,(H,12,13);3-8H,1-2H3;1-2H3. The van der Waals surface area contributed by atoms with Crippen LogP contribution in [0.4, 0.5) is 0 Å². The van der Waals surface area contributed by atoms with E-state index >= 15 is 0 Å². The normalized spacial score (nSPS) is 9.42. The Morgan fingerprint density at radius 2 is 1.19 bits per heavy atom. The summed E-state index contributed by atoms with van der Waals surface area (Å²) in [4.78, 5) is 11.2. The molecule has 26 heavy (non-hydrogen) atoms. The second kappa shape index (κ2) is 13.8. The summed E-state index contributed by atoms with van der Waals surface area (Å²) in [6, 6.07) is 16.9. The third-order valence-corrected chi connectivity index (χ3v) is 2.83. The first-order valence-electron chi connectivity index (χ1n) is 9.13. The highest BCUT2D eigenvalue weighted by Gasteiger charge is 2.03. The molecule has 0 saturated carbocycles. The summed E-state index contributed by atoms with van der Waals surface area (Å²) in [5.41, 5.74) is 0.642. The van der Waals surface area contributed by atoms with Crippen molar-refractivity contribution in [1.82, 2.24) is 5.32 Å². The van der Waals surface area contributed by atoms with Crippen LogP contribution < -0.4 is 14.8 Å². The predicted octanol–water partition coefficient (Wildman–Crippen LogP) is 5.33. The lowest BCUT2D eigenvalue weighted by Crippen LogP contribution is -2.17. The van der Waals surface area contributed by atoms with Gasteiger partial charge in [0.1, 0.15) is 11.5 Å². The van der Waals surface area contributed by atoms with Crippen molar-refractivity contribution in [1.29, 1.82) is 0 Å². The molecule has 0 aliphatic carbocycles. The number of carbonyl (C=O) groups is 1. The Kier molecular flexibility index (Phi) is 12.4. The van der Waals surface area contributed by atoms with Crippen LogP contribution in [0.15, 0.2) is 54.6 Å². The van der Waals surface area contributed by atoms with Gasteiger partial charge in [0.15, 0.2) is 0 Å². The molecule has 0 heterocycles. The topological polar surface area (TPSA) is 47.6 Å². The Morgan fingerprint density at radius 3 is 1.58 bits per heavy atom. The van der Waals surface area contributed by atoms with Crippen molar-refractivity contribution in [3.05, 3.63) is 60.2 Å². The van der Waals surface area contributed by atoms with E-state index in [2.05, 4.69) is 5.32 Å². The van der Waals surface area contributed by atoms with E-state index in [4.69, 9.17) is 9.47 Å². The molecule has 144 valence electrons. The van der Waals surface area contributed by atoms with Crippen molar-refractivity contribution in [2.24, 2.45) is 0 Å². The number of benzene rings is 2. The smallest absolute Gasteiger partial charge is 0.251 e. The molecule has 2 aromatic carbocycles. The van der Waals surface area contributed by atoms with Crippen LogP contribution in [0.2, 0.25) is 0 Å². The van der Waals surface area contributed by atoms with Crippen LogP contribution in [0.3, 0.4) is 0 Å². The van der Waals surface area contributed by atoms with Crippen LogP contribution in [-0.4, -0.2) is 25.2 Å². The molecule has 0 bridgehead atoms. The van der Waals surface area contributed by atoms with Gasteiger partial charge in [-0.05, 0) is 64.1 Å². The van der Waals surface area contributed by atoms with Gasteiger partial charge in [-0.3, -0.25) is 4.79 Å². The SMILES string of the molecule is CC.CC(C)Oc1ccccc1.CNC(=O)c1ccc(OC(C)C)cc1. The fraction of sp³-hybridized carbons (Fsp3) is 0.409. The minimum absolute atomic E-state index is 0.0823. The molecule has 0 fully saturated rings. The highest BCUT2D eigenvalue weighted by molar-refractivity contribution is 5.94. The van der Waals surface area contributed by atoms with Gasteiger partial charge in [0.05, 0.1) is 12.2 Å². The molecule has 0 aliphatic rings. The third kappa shape index (κ3) is 10.4. The highest BCUT2D eigenvalue weighted by atomic mass is 16.5. The highest BCUT2D eigenvalue weighted by Crippen LogP contribution is 2.13. The molecule has 0 aromatic heterocycles. The Labute approximate surface area is 158 Å². The average molecular weight is 360 g/mol. The Bertz CT molecular complexity index is 593. The van der Waals surface area contributed by atoms with Gasteiger partial charge in [0, 0.05) is 12.6 Å². The minimum atomic E-state index is -0.0823. The molecule has 0 spiro atoms. The number of amides is 1. The van der Waals surface area contributed by atoms with E-state index < -0.39 is 0 Å².